The summed E-state index contributed by atoms with van der Waals surface area (Å²) in [6, 6.07) is 3.20. The lowest BCUT2D eigenvalue weighted by atomic mass is 10.2. The van der Waals surface area contributed by atoms with Crippen molar-refractivity contribution < 1.29 is 23.9 Å². The summed E-state index contributed by atoms with van der Waals surface area (Å²) in [5, 5.41) is 2.71. The minimum atomic E-state index is -0.471. The van der Waals surface area contributed by atoms with Crippen molar-refractivity contribution in [2.24, 2.45) is 4.99 Å². The van der Waals surface area contributed by atoms with E-state index in [1.807, 2.05) is 0 Å². The van der Waals surface area contributed by atoms with Gasteiger partial charge in [-0.05, 0) is 35.5 Å². The number of halogens is 1. The van der Waals surface area contributed by atoms with Crippen molar-refractivity contribution in [1.29, 1.82) is 0 Å². The molecule has 0 saturated heterocycles. The fourth-order valence-corrected chi connectivity index (χ4v) is 3.10. The van der Waals surface area contributed by atoms with Gasteiger partial charge in [-0.3, -0.25) is 14.4 Å². The van der Waals surface area contributed by atoms with Gasteiger partial charge in [-0.2, -0.15) is 4.99 Å². The minimum absolute atomic E-state index is 0.235. The molecule has 0 aliphatic carbocycles. The molecule has 2 amide bonds. The van der Waals surface area contributed by atoms with E-state index in [1.165, 1.54) is 21.0 Å². The molecule has 0 spiro atoms. The van der Waals surface area contributed by atoms with Gasteiger partial charge >= 0.3 is 5.97 Å². The number of amides is 2. The molecule has 7 nitrogen and oxygen atoms in total. The fourth-order valence-electron chi connectivity index (χ4n) is 1.81. The van der Waals surface area contributed by atoms with Crippen LogP contribution in [0, 0.1) is 0 Å². The molecule has 0 bridgehead atoms. The number of carbonyl (C=O) groups is 3. The molecule has 0 aromatic heterocycles. The molecule has 1 aliphatic heterocycles. The van der Waals surface area contributed by atoms with E-state index in [-0.39, 0.29) is 16.8 Å². The molecule has 1 aliphatic rings. The number of benzene rings is 1. The summed E-state index contributed by atoms with van der Waals surface area (Å²) in [7, 11) is 1.45. The number of nitrogens with one attached hydrogen (secondary N) is 1. The van der Waals surface area contributed by atoms with Gasteiger partial charge in [0.1, 0.15) is 0 Å². The van der Waals surface area contributed by atoms with Crippen molar-refractivity contribution in [3.05, 3.63) is 27.1 Å². The standard InChI is InChI=1S/C15H13BrN2O5S/c1-7(19)17-15-18-14(21)13(24-15)5-9-4-11(22-3)12(6-10(9)16)23-8(2)20/h4-6H,1-3H3,(H,17,18,19,21)/b13-5-. The van der Waals surface area contributed by atoms with Gasteiger partial charge in [0.05, 0.1) is 12.0 Å². The molecule has 9 heteroatoms. The van der Waals surface area contributed by atoms with E-state index in [2.05, 4.69) is 26.2 Å². The molecular formula is C15H13BrN2O5S. The van der Waals surface area contributed by atoms with E-state index >= 15 is 0 Å². The SMILES string of the molecule is COc1cc(/C=C2\SC(NC(C)=O)=NC2=O)c(Br)cc1OC(C)=O. The number of amidine groups is 1. The Morgan fingerprint density at radius 3 is 2.58 bits per heavy atom. The van der Waals surface area contributed by atoms with Crippen LogP contribution < -0.4 is 14.8 Å². The average Bonchev–Trinajstić information content (AvgIpc) is 2.80. The van der Waals surface area contributed by atoms with Crippen molar-refractivity contribution in [3.63, 3.8) is 0 Å². The molecule has 1 aromatic carbocycles. The van der Waals surface area contributed by atoms with E-state index < -0.39 is 11.9 Å². The number of aliphatic imine (C=N–C) groups is 1. The second-order valence-electron chi connectivity index (χ2n) is 4.63. The van der Waals surface area contributed by atoms with Gasteiger partial charge in [0.2, 0.25) is 5.91 Å². The number of hydrogen-bond donors (Lipinski definition) is 1. The molecule has 0 atom stereocenters. The van der Waals surface area contributed by atoms with Crippen LogP contribution in [0.15, 0.2) is 26.5 Å². The minimum Gasteiger partial charge on any atom is -0.493 e. The predicted octanol–water partition coefficient (Wildman–Crippen LogP) is 2.49. The first-order valence-electron chi connectivity index (χ1n) is 6.66. The maximum atomic E-state index is 11.9. The quantitative estimate of drug-likeness (QED) is 0.465. The molecule has 0 saturated carbocycles. The van der Waals surface area contributed by atoms with Crippen LogP contribution in [0.2, 0.25) is 0 Å². The van der Waals surface area contributed by atoms with Crippen LogP contribution in [0.1, 0.15) is 19.4 Å². The third kappa shape index (κ3) is 4.45. The Hall–Kier alpha value is -2.13. The Bertz CT molecular complexity index is 788. The molecule has 0 fully saturated rings. The average molecular weight is 413 g/mol. The monoisotopic (exact) mass is 412 g/mol. The van der Waals surface area contributed by atoms with E-state index in [9.17, 15) is 14.4 Å². The summed E-state index contributed by atoms with van der Waals surface area (Å²) >= 11 is 4.43. The zero-order valence-electron chi connectivity index (χ0n) is 13.0. The predicted molar refractivity (Wildman–Crippen MR) is 93.8 cm³/mol. The zero-order valence-corrected chi connectivity index (χ0v) is 15.4. The first-order chi connectivity index (χ1) is 11.3. The van der Waals surface area contributed by atoms with Crippen LogP contribution in [0.25, 0.3) is 6.08 Å². The highest BCUT2D eigenvalue weighted by molar-refractivity contribution is 9.10. The van der Waals surface area contributed by atoms with Crippen LogP contribution in [0.5, 0.6) is 11.5 Å². The van der Waals surface area contributed by atoms with E-state index in [1.54, 1.807) is 18.2 Å². The van der Waals surface area contributed by atoms with Crippen LogP contribution in [0.3, 0.4) is 0 Å². The summed E-state index contributed by atoms with van der Waals surface area (Å²) < 4.78 is 10.9. The number of carbonyl (C=O) groups excluding carboxylic acids is 3. The second-order valence-corrected chi connectivity index (χ2v) is 6.52. The van der Waals surface area contributed by atoms with Crippen LogP contribution in [0.4, 0.5) is 0 Å². The summed E-state index contributed by atoms with van der Waals surface area (Å²) in [5.74, 6) is -0.609. The third-order valence-electron chi connectivity index (χ3n) is 2.73. The highest BCUT2D eigenvalue weighted by Gasteiger charge is 2.23. The van der Waals surface area contributed by atoms with Gasteiger partial charge in [-0.25, -0.2) is 0 Å². The van der Waals surface area contributed by atoms with Crippen molar-refractivity contribution in [3.8, 4) is 11.5 Å². The normalized spacial score (nSPS) is 15.2. The Balaban J connectivity index is 2.32. The first-order valence-corrected chi connectivity index (χ1v) is 8.27. The van der Waals surface area contributed by atoms with Crippen LogP contribution in [-0.4, -0.2) is 30.1 Å². The molecule has 0 radical (unpaired) electrons. The summed E-state index contributed by atoms with van der Waals surface area (Å²) in [5.41, 5.74) is 0.637. The van der Waals surface area contributed by atoms with Crippen molar-refractivity contribution in [2.45, 2.75) is 13.8 Å². The molecule has 126 valence electrons. The highest BCUT2D eigenvalue weighted by Crippen LogP contribution is 2.36. The lowest BCUT2D eigenvalue weighted by molar-refractivity contribution is -0.132. The van der Waals surface area contributed by atoms with Crippen LogP contribution in [-0.2, 0) is 14.4 Å². The maximum absolute atomic E-state index is 11.9. The number of esters is 1. The molecule has 1 aromatic rings. The van der Waals surface area contributed by atoms with E-state index in [4.69, 9.17) is 9.47 Å². The Morgan fingerprint density at radius 2 is 2.00 bits per heavy atom. The lowest BCUT2D eigenvalue weighted by Gasteiger charge is -2.10. The number of thioether (sulfide) groups is 1. The highest BCUT2D eigenvalue weighted by atomic mass is 79.9. The van der Waals surface area contributed by atoms with Crippen LogP contribution >= 0.6 is 27.7 Å². The van der Waals surface area contributed by atoms with Gasteiger partial charge in [0.15, 0.2) is 16.7 Å². The number of ether oxygens (including phenoxy) is 2. The summed E-state index contributed by atoms with van der Waals surface area (Å²) in [4.78, 5) is 38.2. The van der Waals surface area contributed by atoms with Crippen molar-refractivity contribution in [2.75, 3.05) is 7.11 Å². The van der Waals surface area contributed by atoms with Gasteiger partial charge in [0, 0.05) is 18.3 Å². The Labute approximate surface area is 150 Å². The second kappa shape index (κ2) is 7.63. The first kappa shape index (κ1) is 18.2. The van der Waals surface area contributed by atoms with Gasteiger partial charge in [0.25, 0.3) is 5.91 Å². The number of hydrogen-bond acceptors (Lipinski definition) is 6. The van der Waals surface area contributed by atoms with Gasteiger partial charge < -0.3 is 14.8 Å². The molecule has 1 N–H and O–H groups in total. The zero-order chi connectivity index (χ0) is 17.9. The van der Waals surface area contributed by atoms with Crippen molar-refractivity contribution >= 4 is 56.7 Å². The maximum Gasteiger partial charge on any atom is 0.308 e. The lowest BCUT2D eigenvalue weighted by Crippen LogP contribution is -2.23. The molecule has 0 unspecified atom stereocenters. The smallest absolute Gasteiger partial charge is 0.308 e. The summed E-state index contributed by atoms with van der Waals surface area (Å²) in [6.45, 7) is 2.63. The van der Waals surface area contributed by atoms with E-state index in [0.29, 0.717) is 20.7 Å². The molecule has 2 rings (SSSR count). The fraction of sp³-hybridized carbons (Fsp3) is 0.200. The number of methoxy groups -OCH3 is 1. The van der Waals surface area contributed by atoms with Gasteiger partial charge in [-0.1, -0.05) is 15.9 Å². The third-order valence-corrected chi connectivity index (χ3v) is 4.31. The molecular weight excluding hydrogens is 400 g/mol. The van der Waals surface area contributed by atoms with Gasteiger partial charge in [-0.15, -0.1) is 0 Å². The van der Waals surface area contributed by atoms with Crippen molar-refractivity contribution in [1.82, 2.24) is 5.32 Å². The Morgan fingerprint density at radius 1 is 1.29 bits per heavy atom. The van der Waals surface area contributed by atoms with E-state index in [0.717, 1.165) is 11.8 Å². The Kier molecular flexibility index (Phi) is 5.79. The number of nitrogens with zero attached hydrogens (tertiary/aromatic N) is 1. The largest absolute Gasteiger partial charge is 0.493 e. The molecule has 24 heavy (non-hydrogen) atoms. The number of rotatable bonds is 3. The molecule has 1 heterocycles. The summed E-state index contributed by atoms with van der Waals surface area (Å²) in [6.07, 6.45) is 1.61. The topological polar surface area (TPSA) is 94.1 Å².